The minimum Gasteiger partial charge on any atom is -0.481 e. The van der Waals surface area contributed by atoms with Crippen LogP contribution in [0, 0.1) is 5.41 Å². The van der Waals surface area contributed by atoms with Gasteiger partial charge in [-0.05, 0) is 38.3 Å². The van der Waals surface area contributed by atoms with Gasteiger partial charge in [0, 0.05) is 23.4 Å². The lowest BCUT2D eigenvalue weighted by Crippen LogP contribution is -2.45. The molecule has 1 aliphatic carbocycles. The number of nitrogens with zero attached hydrogens (tertiary/aromatic N) is 2. The predicted molar refractivity (Wildman–Crippen MR) is 138 cm³/mol. The molecule has 1 aromatic heterocycles. The Labute approximate surface area is 214 Å². The maximum absolute atomic E-state index is 13.2. The number of urea groups is 1. The van der Waals surface area contributed by atoms with E-state index in [0.29, 0.717) is 35.7 Å². The van der Waals surface area contributed by atoms with Crippen LogP contribution in [-0.4, -0.2) is 51.9 Å². The van der Waals surface area contributed by atoms with Gasteiger partial charge in [-0.2, -0.15) is 0 Å². The smallest absolute Gasteiger partial charge is 0.323 e. The molecule has 0 radical (unpaired) electrons. The first-order valence-electron chi connectivity index (χ1n) is 11.5. The van der Waals surface area contributed by atoms with Gasteiger partial charge in [0.25, 0.3) is 0 Å². The molecule has 10 heteroatoms. The lowest BCUT2D eigenvalue weighted by molar-refractivity contribution is -0.145. The van der Waals surface area contributed by atoms with Crippen LogP contribution in [0.25, 0.3) is 0 Å². The Hall–Kier alpha value is -1.81. The number of rotatable bonds is 11. The molecule has 3 rings (SSSR count). The van der Waals surface area contributed by atoms with E-state index < -0.39 is 11.4 Å². The van der Waals surface area contributed by atoms with Crippen molar-refractivity contribution in [1.82, 2.24) is 9.88 Å². The van der Waals surface area contributed by atoms with E-state index in [9.17, 15) is 14.7 Å². The highest BCUT2D eigenvalue weighted by atomic mass is 35.5. The fraction of sp³-hybridized carbons (Fsp3) is 0.542. The third-order valence-corrected chi connectivity index (χ3v) is 8.76. The molecule has 0 unspecified atom stereocenters. The Morgan fingerprint density at radius 1 is 1.29 bits per heavy atom. The standard InChI is InChI=1S/C24H32ClN3O4S2/c1-24(2,21(29)30)16-33-20-14-26-22(34-20)27-23(31)28(18-9-4-3-5-10-18)12-13-32-15-17-8-6-7-11-19(17)25/h6-8,11,14,18H,3-5,9-10,12-13,15-16H2,1-2H3,(H,29,30)(H,26,27,31). The number of aromatic nitrogens is 1. The molecule has 34 heavy (non-hydrogen) atoms. The minimum absolute atomic E-state index is 0.176. The predicted octanol–water partition coefficient (Wildman–Crippen LogP) is 6.38. The molecule has 0 saturated heterocycles. The number of aliphatic carboxylic acids is 1. The van der Waals surface area contributed by atoms with E-state index in [1.165, 1.54) is 29.5 Å². The first kappa shape index (κ1) is 26.8. The van der Waals surface area contributed by atoms with Crippen molar-refractivity contribution < 1.29 is 19.4 Å². The zero-order valence-electron chi connectivity index (χ0n) is 19.6. The summed E-state index contributed by atoms with van der Waals surface area (Å²) in [5.74, 6) is -0.410. The van der Waals surface area contributed by atoms with Crippen molar-refractivity contribution in [3.63, 3.8) is 0 Å². The summed E-state index contributed by atoms with van der Waals surface area (Å²) >= 11 is 9.00. The molecule has 0 aliphatic heterocycles. The van der Waals surface area contributed by atoms with Gasteiger partial charge in [-0.1, -0.05) is 60.4 Å². The fourth-order valence-electron chi connectivity index (χ4n) is 3.66. The number of nitrogens with one attached hydrogen (secondary N) is 1. The number of benzene rings is 1. The van der Waals surface area contributed by atoms with Gasteiger partial charge in [0.05, 0.1) is 29.0 Å². The molecule has 1 aromatic carbocycles. The monoisotopic (exact) mass is 525 g/mol. The lowest BCUT2D eigenvalue weighted by Gasteiger charge is -2.34. The number of halogens is 1. The molecule has 2 aromatic rings. The number of carboxylic acid groups (broad SMARTS) is 1. The van der Waals surface area contributed by atoms with Crippen molar-refractivity contribution in [2.75, 3.05) is 24.2 Å². The maximum atomic E-state index is 13.2. The van der Waals surface area contributed by atoms with E-state index in [2.05, 4.69) is 10.3 Å². The topological polar surface area (TPSA) is 91.8 Å². The zero-order valence-corrected chi connectivity index (χ0v) is 22.0. The molecular formula is C24H32ClN3O4S2. The summed E-state index contributed by atoms with van der Waals surface area (Å²) in [6.07, 6.45) is 7.09. The molecule has 1 heterocycles. The fourth-order valence-corrected chi connectivity index (χ4v) is 5.80. The number of anilines is 1. The zero-order chi connectivity index (χ0) is 24.6. The normalized spacial score (nSPS) is 14.7. The molecule has 0 spiro atoms. The second-order valence-electron chi connectivity index (χ2n) is 9.02. The van der Waals surface area contributed by atoms with Gasteiger partial charge in [0.2, 0.25) is 0 Å². The first-order valence-corrected chi connectivity index (χ1v) is 13.6. The number of amides is 2. The molecule has 1 saturated carbocycles. The molecule has 1 aliphatic rings. The van der Waals surface area contributed by atoms with Crippen LogP contribution in [0.1, 0.15) is 51.5 Å². The molecular weight excluding hydrogens is 494 g/mol. The van der Waals surface area contributed by atoms with E-state index in [1.54, 1.807) is 20.0 Å². The Balaban J connectivity index is 1.55. The highest BCUT2D eigenvalue weighted by Gasteiger charge is 2.28. The van der Waals surface area contributed by atoms with Gasteiger partial charge in [0.1, 0.15) is 0 Å². The summed E-state index contributed by atoms with van der Waals surface area (Å²) in [7, 11) is 0. The van der Waals surface area contributed by atoms with Crippen LogP contribution in [0.3, 0.4) is 0 Å². The summed E-state index contributed by atoms with van der Waals surface area (Å²) in [5, 5.41) is 13.4. The third-order valence-electron chi connectivity index (χ3n) is 5.82. The summed E-state index contributed by atoms with van der Waals surface area (Å²) in [6, 6.07) is 7.59. The van der Waals surface area contributed by atoms with Crippen molar-refractivity contribution in [1.29, 1.82) is 0 Å². The van der Waals surface area contributed by atoms with Gasteiger partial charge in [-0.3, -0.25) is 10.1 Å². The van der Waals surface area contributed by atoms with Crippen molar-refractivity contribution >= 4 is 51.8 Å². The van der Waals surface area contributed by atoms with Crippen LogP contribution in [0.4, 0.5) is 9.93 Å². The van der Waals surface area contributed by atoms with Gasteiger partial charge >= 0.3 is 12.0 Å². The number of carbonyl (C=O) groups excluding carboxylic acids is 1. The van der Waals surface area contributed by atoms with Crippen molar-refractivity contribution in [3.8, 4) is 0 Å². The summed E-state index contributed by atoms with van der Waals surface area (Å²) in [6.45, 7) is 4.70. The molecule has 2 N–H and O–H groups in total. The van der Waals surface area contributed by atoms with Crippen molar-refractivity contribution in [2.24, 2.45) is 5.41 Å². The van der Waals surface area contributed by atoms with Gasteiger partial charge in [0.15, 0.2) is 5.13 Å². The quantitative estimate of drug-likeness (QED) is 0.261. The number of thiazole rings is 1. The van der Waals surface area contributed by atoms with Crippen LogP contribution >= 0.6 is 34.7 Å². The molecule has 1 fully saturated rings. The van der Waals surface area contributed by atoms with Gasteiger partial charge in [-0.25, -0.2) is 9.78 Å². The molecule has 0 bridgehead atoms. The second kappa shape index (κ2) is 12.8. The Bertz CT molecular complexity index is 963. The number of carboxylic acids is 1. The number of ether oxygens (including phenoxy) is 1. The SMILES string of the molecule is CC(C)(CSc1cnc(NC(=O)N(CCOCc2ccccc2Cl)C2CCCCC2)s1)C(=O)O. The molecule has 7 nitrogen and oxygen atoms in total. The Morgan fingerprint density at radius 3 is 2.74 bits per heavy atom. The molecule has 2 amide bonds. The van der Waals surface area contributed by atoms with E-state index in [1.807, 2.05) is 29.2 Å². The second-order valence-corrected chi connectivity index (χ2v) is 11.7. The number of hydrogen-bond donors (Lipinski definition) is 2. The van der Waals surface area contributed by atoms with Gasteiger partial charge < -0.3 is 14.7 Å². The Kier molecular flexibility index (Phi) is 10.1. The Morgan fingerprint density at radius 2 is 2.03 bits per heavy atom. The van der Waals surface area contributed by atoms with E-state index >= 15 is 0 Å². The number of thioether (sulfide) groups is 1. The largest absolute Gasteiger partial charge is 0.481 e. The first-order chi connectivity index (χ1) is 16.3. The van der Waals surface area contributed by atoms with Crippen LogP contribution < -0.4 is 5.32 Å². The number of hydrogen-bond acceptors (Lipinski definition) is 6. The van der Waals surface area contributed by atoms with Crippen LogP contribution in [0.2, 0.25) is 5.02 Å². The summed E-state index contributed by atoms with van der Waals surface area (Å²) in [5.41, 5.74) is 0.0940. The highest BCUT2D eigenvalue weighted by molar-refractivity contribution is 8.01. The summed E-state index contributed by atoms with van der Waals surface area (Å²) in [4.78, 5) is 30.7. The highest BCUT2D eigenvalue weighted by Crippen LogP contribution is 2.33. The van der Waals surface area contributed by atoms with E-state index in [4.69, 9.17) is 16.3 Å². The average Bonchev–Trinajstić information content (AvgIpc) is 3.26. The van der Waals surface area contributed by atoms with Crippen molar-refractivity contribution in [3.05, 3.63) is 41.0 Å². The molecule has 186 valence electrons. The molecule has 0 atom stereocenters. The minimum atomic E-state index is -0.835. The average molecular weight is 526 g/mol. The van der Waals surface area contributed by atoms with Crippen LogP contribution in [0.15, 0.2) is 34.7 Å². The summed E-state index contributed by atoms with van der Waals surface area (Å²) < 4.78 is 6.71. The maximum Gasteiger partial charge on any atom is 0.323 e. The van der Waals surface area contributed by atoms with Crippen LogP contribution in [0.5, 0.6) is 0 Å². The van der Waals surface area contributed by atoms with E-state index in [0.717, 1.165) is 35.5 Å². The van der Waals surface area contributed by atoms with Gasteiger partial charge in [-0.15, -0.1) is 11.8 Å². The lowest BCUT2D eigenvalue weighted by atomic mass is 9.94. The third kappa shape index (κ3) is 7.86. The number of carbonyl (C=O) groups is 2. The van der Waals surface area contributed by atoms with Crippen molar-refractivity contribution in [2.45, 2.75) is 62.8 Å². The van der Waals surface area contributed by atoms with E-state index in [-0.39, 0.29) is 12.1 Å². The van der Waals surface area contributed by atoms with Crippen LogP contribution in [-0.2, 0) is 16.1 Å².